The molecule has 0 radical (unpaired) electrons. The zero-order chi connectivity index (χ0) is 14.0. The van der Waals surface area contributed by atoms with Gasteiger partial charge in [-0.25, -0.2) is 0 Å². The summed E-state index contributed by atoms with van der Waals surface area (Å²) in [6, 6.07) is 0.635. The Labute approximate surface area is 109 Å². The van der Waals surface area contributed by atoms with Gasteiger partial charge in [0.25, 0.3) is 5.91 Å². The van der Waals surface area contributed by atoms with Crippen molar-refractivity contribution in [3.05, 3.63) is 24.0 Å². The van der Waals surface area contributed by atoms with Crippen LogP contribution in [0.15, 0.2) is 18.5 Å². The van der Waals surface area contributed by atoms with Crippen molar-refractivity contribution < 1.29 is 24.5 Å². The van der Waals surface area contributed by atoms with Crippen LogP contribution in [0.4, 0.5) is 0 Å². The number of pyridine rings is 1. The van der Waals surface area contributed by atoms with Crippen molar-refractivity contribution in [2.75, 3.05) is 13.2 Å². The summed E-state index contributed by atoms with van der Waals surface area (Å²) >= 11 is 0. The summed E-state index contributed by atoms with van der Waals surface area (Å²) in [7, 11) is 0. The van der Waals surface area contributed by atoms with Crippen LogP contribution in [0.1, 0.15) is 17.3 Å². The first-order valence-corrected chi connectivity index (χ1v) is 5.69. The van der Waals surface area contributed by atoms with Crippen LogP contribution in [0.5, 0.6) is 5.75 Å². The molecular weight excluding hydrogens is 252 g/mol. The molecule has 2 heterocycles. The van der Waals surface area contributed by atoms with E-state index in [2.05, 4.69) is 10.3 Å². The number of carboxylic acids is 1. The van der Waals surface area contributed by atoms with Crippen molar-refractivity contribution in [2.24, 2.45) is 5.41 Å². The number of rotatable bonds is 3. The lowest BCUT2D eigenvalue weighted by Crippen LogP contribution is -2.49. The normalized spacial score (nSPS) is 26.1. The molecule has 2 rings (SSSR count). The van der Waals surface area contributed by atoms with Crippen molar-refractivity contribution in [2.45, 2.75) is 13.0 Å². The summed E-state index contributed by atoms with van der Waals surface area (Å²) < 4.78 is 5.13. The number of nitrogens with zero attached hydrogens (tertiary/aromatic N) is 1. The number of nitrogens with one attached hydrogen (secondary N) is 1. The van der Waals surface area contributed by atoms with Crippen molar-refractivity contribution >= 4 is 11.9 Å². The summed E-state index contributed by atoms with van der Waals surface area (Å²) in [6.45, 7) is 1.71. The first kappa shape index (κ1) is 13.3. The van der Waals surface area contributed by atoms with Crippen molar-refractivity contribution in [1.82, 2.24) is 10.3 Å². The molecule has 1 aromatic heterocycles. The van der Waals surface area contributed by atoms with Gasteiger partial charge in [0.1, 0.15) is 11.2 Å². The lowest BCUT2D eigenvalue weighted by Gasteiger charge is -2.25. The molecule has 7 heteroatoms. The van der Waals surface area contributed by atoms with E-state index in [1.807, 2.05) is 0 Å². The van der Waals surface area contributed by atoms with Crippen LogP contribution >= 0.6 is 0 Å². The maximum Gasteiger partial charge on any atom is 0.313 e. The molecule has 0 saturated carbocycles. The maximum absolute atomic E-state index is 12.0. The topological polar surface area (TPSA) is 109 Å². The molecule has 2 atom stereocenters. The lowest BCUT2D eigenvalue weighted by atomic mass is 9.85. The number of carboxylic acid groups (broad SMARTS) is 1. The fourth-order valence-corrected chi connectivity index (χ4v) is 1.88. The highest BCUT2D eigenvalue weighted by molar-refractivity contribution is 5.95. The van der Waals surface area contributed by atoms with E-state index in [1.165, 1.54) is 25.4 Å². The number of amides is 1. The highest BCUT2D eigenvalue weighted by Crippen LogP contribution is 2.29. The third-order valence-corrected chi connectivity index (χ3v) is 3.24. The molecule has 1 fully saturated rings. The van der Waals surface area contributed by atoms with Gasteiger partial charge in [0.15, 0.2) is 0 Å². The predicted octanol–water partition coefficient (Wildman–Crippen LogP) is 0.00670. The quantitative estimate of drug-likeness (QED) is 0.711. The van der Waals surface area contributed by atoms with E-state index in [4.69, 9.17) is 4.74 Å². The zero-order valence-electron chi connectivity index (χ0n) is 10.3. The third kappa shape index (κ3) is 2.50. The van der Waals surface area contributed by atoms with E-state index < -0.39 is 23.3 Å². The summed E-state index contributed by atoms with van der Waals surface area (Å²) in [5.74, 6) is -1.65. The molecule has 7 nitrogen and oxygen atoms in total. The number of aromatic nitrogens is 1. The van der Waals surface area contributed by atoms with Crippen LogP contribution < -0.4 is 5.32 Å². The largest absolute Gasteiger partial charge is 0.506 e. The monoisotopic (exact) mass is 266 g/mol. The smallest absolute Gasteiger partial charge is 0.313 e. The molecule has 1 aliphatic heterocycles. The first-order valence-electron chi connectivity index (χ1n) is 5.69. The number of ether oxygens (including phenoxy) is 1. The standard InChI is InChI=1S/C12H14N2O5/c1-12(11(17)18)6-19-5-9(12)14-10(16)7-2-8(15)4-13-3-7/h2-4,9,15H,5-6H2,1H3,(H,14,16)(H,17,18). The summed E-state index contributed by atoms with van der Waals surface area (Å²) in [5.41, 5.74) is -0.987. The molecule has 1 aromatic rings. The minimum absolute atomic E-state index is 0.0472. The van der Waals surface area contributed by atoms with E-state index in [9.17, 15) is 19.8 Å². The first-order chi connectivity index (χ1) is 8.93. The molecule has 19 heavy (non-hydrogen) atoms. The van der Waals surface area contributed by atoms with Crippen LogP contribution in [-0.2, 0) is 9.53 Å². The Bertz CT molecular complexity index is 519. The molecule has 102 valence electrons. The van der Waals surface area contributed by atoms with Crippen LogP contribution in [0.25, 0.3) is 0 Å². The highest BCUT2D eigenvalue weighted by Gasteiger charge is 2.47. The van der Waals surface area contributed by atoms with E-state index in [0.717, 1.165) is 0 Å². The number of hydrogen-bond donors (Lipinski definition) is 3. The highest BCUT2D eigenvalue weighted by atomic mass is 16.5. The molecule has 1 saturated heterocycles. The van der Waals surface area contributed by atoms with Gasteiger partial charge in [0.2, 0.25) is 0 Å². The second-order valence-electron chi connectivity index (χ2n) is 4.70. The van der Waals surface area contributed by atoms with Crippen molar-refractivity contribution in [3.63, 3.8) is 0 Å². The Kier molecular flexibility index (Phi) is 3.39. The van der Waals surface area contributed by atoms with Gasteiger partial charge in [-0.15, -0.1) is 0 Å². The van der Waals surface area contributed by atoms with Crippen LogP contribution in [0.2, 0.25) is 0 Å². The SMILES string of the molecule is CC1(C(=O)O)COCC1NC(=O)c1cncc(O)c1. The van der Waals surface area contributed by atoms with Crippen LogP contribution in [-0.4, -0.2) is 46.3 Å². The Morgan fingerprint density at radius 2 is 2.26 bits per heavy atom. The molecule has 1 amide bonds. The van der Waals surface area contributed by atoms with Gasteiger partial charge in [-0.1, -0.05) is 0 Å². The van der Waals surface area contributed by atoms with Gasteiger partial charge < -0.3 is 20.3 Å². The minimum atomic E-state index is -1.15. The molecule has 0 aliphatic carbocycles. The molecule has 2 unspecified atom stereocenters. The second-order valence-corrected chi connectivity index (χ2v) is 4.70. The summed E-state index contributed by atoms with van der Waals surface area (Å²) in [4.78, 5) is 26.9. The molecule has 0 spiro atoms. The van der Waals surface area contributed by atoms with Crippen molar-refractivity contribution in [1.29, 1.82) is 0 Å². The average molecular weight is 266 g/mol. The van der Waals surface area contributed by atoms with Crippen molar-refractivity contribution in [3.8, 4) is 5.75 Å². The fourth-order valence-electron chi connectivity index (χ4n) is 1.88. The number of carbonyl (C=O) groups excluding carboxylic acids is 1. The Morgan fingerprint density at radius 1 is 1.53 bits per heavy atom. The van der Waals surface area contributed by atoms with E-state index in [-0.39, 0.29) is 24.5 Å². The molecule has 0 aromatic carbocycles. The maximum atomic E-state index is 12.0. The van der Waals surface area contributed by atoms with Gasteiger partial charge >= 0.3 is 5.97 Å². The lowest BCUT2D eigenvalue weighted by molar-refractivity contribution is -0.148. The van der Waals surface area contributed by atoms with Gasteiger partial charge in [-0.2, -0.15) is 0 Å². The van der Waals surface area contributed by atoms with Gasteiger partial charge in [0.05, 0.1) is 31.0 Å². The number of hydrogen-bond acceptors (Lipinski definition) is 5. The average Bonchev–Trinajstić information content (AvgIpc) is 2.72. The zero-order valence-corrected chi connectivity index (χ0v) is 10.3. The summed E-state index contributed by atoms with van der Waals surface area (Å²) in [6.07, 6.45) is 2.50. The van der Waals surface area contributed by atoms with Gasteiger partial charge in [-0.05, 0) is 13.0 Å². The van der Waals surface area contributed by atoms with E-state index in [0.29, 0.717) is 0 Å². The fraction of sp³-hybridized carbons (Fsp3) is 0.417. The predicted molar refractivity (Wildman–Crippen MR) is 63.7 cm³/mol. The summed E-state index contributed by atoms with van der Waals surface area (Å²) in [5, 5.41) is 21.0. The Hall–Kier alpha value is -2.15. The number of aromatic hydroxyl groups is 1. The number of aliphatic carboxylic acids is 1. The van der Waals surface area contributed by atoms with Gasteiger partial charge in [-0.3, -0.25) is 14.6 Å². The Morgan fingerprint density at radius 3 is 2.89 bits per heavy atom. The molecule has 1 aliphatic rings. The van der Waals surface area contributed by atoms with Gasteiger partial charge in [0, 0.05) is 6.20 Å². The minimum Gasteiger partial charge on any atom is -0.506 e. The van der Waals surface area contributed by atoms with Crippen LogP contribution in [0, 0.1) is 5.41 Å². The molecule has 0 bridgehead atoms. The molecular formula is C12H14N2O5. The number of carbonyl (C=O) groups is 2. The second kappa shape index (κ2) is 4.85. The van der Waals surface area contributed by atoms with E-state index in [1.54, 1.807) is 0 Å². The molecule has 3 N–H and O–H groups in total. The van der Waals surface area contributed by atoms with E-state index >= 15 is 0 Å². The third-order valence-electron chi connectivity index (χ3n) is 3.24. The Balaban J connectivity index is 2.13. The van der Waals surface area contributed by atoms with Crippen LogP contribution in [0.3, 0.4) is 0 Å².